The van der Waals surface area contributed by atoms with Gasteiger partial charge in [0.2, 0.25) is 5.82 Å². The highest BCUT2D eigenvalue weighted by Gasteiger charge is 2.28. The number of nitrogens with zero attached hydrogens (tertiary/aromatic N) is 6. The summed E-state index contributed by atoms with van der Waals surface area (Å²) in [6, 6.07) is 11.5. The molecule has 1 aliphatic heterocycles. The summed E-state index contributed by atoms with van der Waals surface area (Å²) < 4.78 is 18.5. The molecule has 1 aromatic carbocycles. The summed E-state index contributed by atoms with van der Waals surface area (Å²) in [6.45, 7) is 0.909. The molecule has 0 N–H and O–H groups in total. The van der Waals surface area contributed by atoms with E-state index in [1.54, 1.807) is 19.5 Å². The van der Waals surface area contributed by atoms with Crippen LogP contribution >= 0.6 is 0 Å². The van der Waals surface area contributed by atoms with Gasteiger partial charge >= 0.3 is 0 Å². The van der Waals surface area contributed by atoms with E-state index in [0.717, 1.165) is 22.6 Å². The maximum Gasteiger partial charge on any atom is 0.280 e. The molecular formula is C19H16N6O3. The first-order chi connectivity index (χ1) is 13.8. The van der Waals surface area contributed by atoms with Crippen LogP contribution in [-0.2, 0) is 17.9 Å². The number of hydrogen-bond donors (Lipinski definition) is 0. The van der Waals surface area contributed by atoms with Crippen molar-refractivity contribution in [1.29, 1.82) is 0 Å². The number of methoxy groups -OCH3 is 1. The summed E-state index contributed by atoms with van der Waals surface area (Å²) in [7, 11) is 1.65. The molecule has 0 amide bonds. The number of fused-ring (bicyclic) bond motifs is 1. The van der Waals surface area contributed by atoms with E-state index in [9.17, 15) is 0 Å². The normalized spacial score (nSPS) is 16.0. The maximum absolute atomic E-state index is 6.04. The smallest absolute Gasteiger partial charge is 0.280 e. The van der Waals surface area contributed by atoms with Gasteiger partial charge in [-0.1, -0.05) is 22.5 Å². The van der Waals surface area contributed by atoms with Crippen molar-refractivity contribution in [2.75, 3.05) is 7.11 Å². The van der Waals surface area contributed by atoms with E-state index < -0.39 is 0 Å². The zero-order valence-electron chi connectivity index (χ0n) is 15.0. The van der Waals surface area contributed by atoms with E-state index in [-0.39, 0.29) is 6.10 Å². The molecule has 0 bridgehead atoms. The molecule has 0 aliphatic carbocycles. The molecule has 0 saturated carbocycles. The first kappa shape index (κ1) is 16.6. The van der Waals surface area contributed by atoms with Crippen LogP contribution in [-0.4, -0.2) is 37.2 Å². The lowest BCUT2D eigenvalue weighted by molar-refractivity contribution is -0.00119. The van der Waals surface area contributed by atoms with Crippen molar-refractivity contribution >= 4 is 0 Å². The van der Waals surface area contributed by atoms with Gasteiger partial charge < -0.3 is 14.0 Å². The number of benzene rings is 1. The number of rotatable bonds is 4. The summed E-state index contributed by atoms with van der Waals surface area (Å²) in [4.78, 5) is 8.43. The van der Waals surface area contributed by atoms with E-state index in [1.165, 1.54) is 0 Å². The summed E-state index contributed by atoms with van der Waals surface area (Å²) in [5.41, 5.74) is 3.23. The fourth-order valence-corrected chi connectivity index (χ4v) is 3.14. The highest BCUT2D eigenvalue weighted by Crippen LogP contribution is 2.31. The predicted octanol–water partition coefficient (Wildman–Crippen LogP) is 2.67. The van der Waals surface area contributed by atoms with E-state index in [1.807, 2.05) is 41.1 Å². The minimum atomic E-state index is -0.108. The molecule has 3 aromatic heterocycles. The van der Waals surface area contributed by atoms with Crippen LogP contribution in [0.5, 0.6) is 5.75 Å². The molecule has 0 spiro atoms. The quantitative estimate of drug-likeness (QED) is 0.536. The molecule has 0 saturated heterocycles. The van der Waals surface area contributed by atoms with Crippen molar-refractivity contribution in [2.24, 2.45) is 0 Å². The van der Waals surface area contributed by atoms with Gasteiger partial charge in [0.1, 0.15) is 11.9 Å². The molecule has 0 radical (unpaired) electrons. The van der Waals surface area contributed by atoms with Crippen molar-refractivity contribution in [3.63, 3.8) is 0 Å². The van der Waals surface area contributed by atoms with Crippen molar-refractivity contribution in [2.45, 2.75) is 19.3 Å². The average Bonchev–Trinajstić information content (AvgIpc) is 3.41. The third-order valence-electron chi connectivity index (χ3n) is 4.65. The van der Waals surface area contributed by atoms with Gasteiger partial charge in [0, 0.05) is 18.0 Å². The van der Waals surface area contributed by atoms with Crippen LogP contribution in [0.1, 0.15) is 17.4 Å². The van der Waals surface area contributed by atoms with Crippen molar-refractivity contribution in [3.8, 4) is 28.7 Å². The first-order valence-electron chi connectivity index (χ1n) is 8.74. The minimum absolute atomic E-state index is 0.108. The Kier molecular flexibility index (Phi) is 4.06. The van der Waals surface area contributed by atoms with Crippen LogP contribution in [0.3, 0.4) is 0 Å². The Bertz CT molecular complexity index is 1090. The Hall–Kier alpha value is -3.59. The lowest BCUT2D eigenvalue weighted by Crippen LogP contribution is -2.22. The zero-order valence-corrected chi connectivity index (χ0v) is 15.0. The SMILES string of the molecule is COc1ccc([C@@H]2Cn3nnc(-c4nc(-c5ccncc5)no4)c3CO2)cc1. The average molecular weight is 376 g/mol. The summed E-state index contributed by atoms with van der Waals surface area (Å²) in [6.07, 6.45) is 3.25. The number of ether oxygens (including phenoxy) is 2. The molecule has 4 heterocycles. The lowest BCUT2D eigenvalue weighted by Gasteiger charge is -2.24. The number of pyridine rings is 1. The van der Waals surface area contributed by atoms with Gasteiger partial charge in [-0.15, -0.1) is 5.10 Å². The van der Waals surface area contributed by atoms with E-state index in [2.05, 4.69) is 25.4 Å². The third-order valence-corrected chi connectivity index (χ3v) is 4.65. The van der Waals surface area contributed by atoms with Gasteiger partial charge in [-0.25, -0.2) is 4.68 Å². The molecule has 28 heavy (non-hydrogen) atoms. The van der Waals surface area contributed by atoms with Crippen LogP contribution in [0.4, 0.5) is 0 Å². The first-order valence-corrected chi connectivity index (χ1v) is 8.74. The molecule has 5 rings (SSSR count). The third kappa shape index (κ3) is 2.91. The Morgan fingerprint density at radius 2 is 1.93 bits per heavy atom. The fourth-order valence-electron chi connectivity index (χ4n) is 3.14. The largest absolute Gasteiger partial charge is 0.497 e. The molecule has 1 aliphatic rings. The van der Waals surface area contributed by atoms with Gasteiger partial charge in [0.15, 0.2) is 5.69 Å². The Balaban J connectivity index is 1.39. The second-order valence-electron chi connectivity index (χ2n) is 6.30. The van der Waals surface area contributed by atoms with Gasteiger partial charge in [-0.3, -0.25) is 4.98 Å². The molecule has 1 atom stereocenters. The van der Waals surface area contributed by atoms with E-state index >= 15 is 0 Å². The van der Waals surface area contributed by atoms with Crippen LogP contribution in [0.15, 0.2) is 53.3 Å². The van der Waals surface area contributed by atoms with Crippen molar-refractivity contribution < 1.29 is 14.0 Å². The Labute approximate surface area is 159 Å². The highest BCUT2D eigenvalue weighted by atomic mass is 16.5. The van der Waals surface area contributed by atoms with Crippen LogP contribution < -0.4 is 4.74 Å². The summed E-state index contributed by atoms with van der Waals surface area (Å²) in [5, 5.41) is 12.5. The highest BCUT2D eigenvalue weighted by molar-refractivity contribution is 5.58. The molecule has 9 heteroatoms. The van der Waals surface area contributed by atoms with Crippen molar-refractivity contribution in [1.82, 2.24) is 30.1 Å². The van der Waals surface area contributed by atoms with Crippen LogP contribution in [0.2, 0.25) is 0 Å². The van der Waals surface area contributed by atoms with Gasteiger partial charge in [-0.05, 0) is 29.8 Å². The predicted molar refractivity (Wildman–Crippen MR) is 97.1 cm³/mol. The minimum Gasteiger partial charge on any atom is -0.497 e. The lowest BCUT2D eigenvalue weighted by atomic mass is 10.1. The van der Waals surface area contributed by atoms with E-state index in [0.29, 0.717) is 30.6 Å². The standard InChI is InChI=1S/C19H16N6O3/c1-26-14-4-2-12(3-5-14)16-10-25-15(11-27-16)17(22-24-25)19-21-18(23-28-19)13-6-8-20-9-7-13/h2-9,16H,10-11H2,1H3/t16-/m0/s1. The molecule has 0 fully saturated rings. The second-order valence-corrected chi connectivity index (χ2v) is 6.30. The van der Waals surface area contributed by atoms with Crippen molar-refractivity contribution in [3.05, 3.63) is 60.0 Å². The monoisotopic (exact) mass is 376 g/mol. The molecule has 9 nitrogen and oxygen atoms in total. The van der Waals surface area contributed by atoms with Gasteiger partial charge in [0.05, 0.1) is 26.0 Å². The molecule has 0 unspecified atom stereocenters. The zero-order chi connectivity index (χ0) is 18.9. The Morgan fingerprint density at radius 3 is 2.71 bits per heavy atom. The molecular weight excluding hydrogens is 360 g/mol. The number of hydrogen-bond acceptors (Lipinski definition) is 8. The van der Waals surface area contributed by atoms with Gasteiger partial charge in [-0.2, -0.15) is 4.98 Å². The summed E-state index contributed by atoms with van der Waals surface area (Å²) in [5.74, 6) is 1.61. The molecule has 140 valence electrons. The van der Waals surface area contributed by atoms with Crippen LogP contribution in [0.25, 0.3) is 23.0 Å². The topological polar surface area (TPSA) is 101 Å². The van der Waals surface area contributed by atoms with Gasteiger partial charge in [0.25, 0.3) is 5.89 Å². The molecule has 4 aromatic rings. The maximum atomic E-state index is 6.04. The summed E-state index contributed by atoms with van der Waals surface area (Å²) >= 11 is 0. The Morgan fingerprint density at radius 1 is 1.11 bits per heavy atom. The van der Waals surface area contributed by atoms with E-state index in [4.69, 9.17) is 14.0 Å². The number of aromatic nitrogens is 6. The fraction of sp³-hybridized carbons (Fsp3) is 0.211. The second kappa shape index (κ2) is 6.86. The van der Waals surface area contributed by atoms with Crippen LogP contribution in [0, 0.1) is 0 Å².